The first-order chi connectivity index (χ1) is 21.1. The van der Waals surface area contributed by atoms with Gasteiger partial charge in [0, 0.05) is 41.5 Å². The van der Waals surface area contributed by atoms with E-state index in [-0.39, 0.29) is 62.1 Å². The highest BCUT2D eigenvalue weighted by Gasteiger charge is 2.21. The quantitative estimate of drug-likeness (QED) is 0.218. The summed E-state index contributed by atoms with van der Waals surface area (Å²) in [6.45, 7) is 2.77. The molecule has 0 radical (unpaired) electrons. The van der Waals surface area contributed by atoms with Crippen LogP contribution in [-0.2, 0) is 9.53 Å². The van der Waals surface area contributed by atoms with Crippen molar-refractivity contribution in [1.29, 1.82) is 0 Å². The number of esters is 1. The van der Waals surface area contributed by atoms with Gasteiger partial charge in [0.05, 0.1) is 19.6 Å². The largest absolute Gasteiger partial charge is 0.463 e. The molecule has 0 bridgehead atoms. The maximum atomic E-state index is 12.8. The minimum atomic E-state index is -2.92. The number of carbonyl (C=O) groups is 2. The molecule has 1 atom stereocenters. The van der Waals surface area contributed by atoms with E-state index in [1.165, 1.54) is 11.1 Å². The molecule has 3 heterocycles. The third-order valence-corrected chi connectivity index (χ3v) is 7.46. The average molecular weight is 715 g/mol. The molecule has 1 aromatic carbocycles. The second-order valence-corrected chi connectivity index (χ2v) is 11.5. The number of amides is 1. The van der Waals surface area contributed by atoms with Gasteiger partial charge in [0.25, 0.3) is 5.91 Å². The SMILES string of the molecule is Cl.Cl.Cl.[2H]C([2H])(OC(=O)[C@@H](N)CC(C)C)C([2H])([2H])N1CCN(c2cc(Nc3ncc(C(=O)Nc4c(C)cccc4Cl)s3)nc(C)n2)CC1. The van der Waals surface area contributed by atoms with Gasteiger partial charge in [0.1, 0.15) is 34.9 Å². The van der Waals surface area contributed by atoms with Gasteiger partial charge in [-0.2, -0.15) is 0 Å². The van der Waals surface area contributed by atoms with Gasteiger partial charge in [0.15, 0.2) is 5.13 Å². The Hall–Kier alpha value is -2.45. The number of para-hydroxylation sites is 1. The molecule has 1 saturated heterocycles. The number of benzene rings is 1. The predicted octanol–water partition coefficient (Wildman–Crippen LogP) is 5.50. The van der Waals surface area contributed by atoms with Crippen molar-refractivity contribution in [2.24, 2.45) is 11.7 Å². The fourth-order valence-electron chi connectivity index (χ4n) is 4.15. The van der Waals surface area contributed by atoms with Crippen molar-refractivity contribution in [3.05, 3.63) is 51.7 Å². The van der Waals surface area contributed by atoms with Crippen LogP contribution in [-0.4, -0.2) is 77.0 Å². The molecule has 0 spiro atoms. The van der Waals surface area contributed by atoms with Gasteiger partial charge in [-0.1, -0.05) is 48.9 Å². The number of halogens is 4. The van der Waals surface area contributed by atoms with E-state index in [9.17, 15) is 9.59 Å². The standard InChI is InChI=1S/C28H37ClN8O3S.3ClH/c1-17(2)14-21(30)27(39)40-13-12-36-8-10-37(11-9-36)24-15-23(32-19(4)33-24)34-28-31-16-22(41-28)26(38)35-25-18(3)6-5-7-20(25)29;;;/h5-7,15-17,21H,8-14,30H2,1-4H3,(H,35,38)(H,31,32,33,34);3*1H/t21-;;;/m0.../s1/i12D2,13D2;;;. The first-order valence-corrected chi connectivity index (χ1v) is 14.4. The molecule has 1 fully saturated rings. The van der Waals surface area contributed by atoms with Gasteiger partial charge in [0.2, 0.25) is 0 Å². The van der Waals surface area contributed by atoms with Gasteiger partial charge in [-0.3, -0.25) is 14.5 Å². The van der Waals surface area contributed by atoms with Crippen molar-refractivity contribution in [3.63, 3.8) is 0 Å². The average Bonchev–Trinajstić information content (AvgIpc) is 3.42. The van der Waals surface area contributed by atoms with E-state index in [0.717, 1.165) is 16.9 Å². The lowest BCUT2D eigenvalue weighted by Crippen LogP contribution is -2.48. The zero-order chi connectivity index (χ0) is 33.1. The first kappa shape index (κ1) is 32.9. The number of piperazine rings is 1. The molecule has 1 aliphatic heterocycles. The molecule has 1 aliphatic rings. The second kappa shape index (κ2) is 18.5. The molecule has 0 saturated carbocycles. The van der Waals surface area contributed by atoms with Crippen LogP contribution in [0.15, 0.2) is 30.5 Å². The molecule has 44 heavy (non-hydrogen) atoms. The fraction of sp³-hybridized carbons (Fsp3) is 0.464. The molecule has 4 N–H and O–H groups in total. The molecule has 1 amide bonds. The molecular weight excluding hydrogens is 670 g/mol. The minimum absolute atomic E-state index is 0. The van der Waals surface area contributed by atoms with Crippen LogP contribution in [0.4, 0.5) is 22.5 Å². The zero-order valence-electron chi connectivity index (χ0n) is 28.6. The van der Waals surface area contributed by atoms with Crippen LogP contribution in [0.2, 0.25) is 5.02 Å². The summed E-state index contributed by atoms with van der Waals surface area (Å²) in [4.78, 5) is 42.1. The Morgan fingerprint density at radius 1 is 1.16 bits per heavy atom. The van der Waals surface area contributed by atoms with Gasteiger partial charge in [-0.05, 0) is 37.8 Å². The number of anilines is 4. The van der Waals surface area contributed by atoms with Crippen molar-refractivity contribution < 1.29 is 19.8 Å². The Morgan fingerprint density at radius 3 is 2.52 bits per heavy atom. The number of hydrogen-bond donors (Lipinski definition) is 3. The highest BCUT2D eigenvalue weighted by molar-refractivity contribution is 7.17. The summed E-state index contributed by atoms with van der Waals surface area (Å²) >= 11 is 7.39. The van der Waals surface area contributed by atoms with Crippen LogP contribution in [0, 0.1) is 19.8 Å². The lowest BCUT2D eigenvalue weighted by molar-refractivity contribution is -0.146. The van der Waals surface area contributed by atoms with E-state index in [2.05, 4.69) is 25.6 Å². The van der Waals surface area contributed by atoms with E-state index in [0.29, 0.717) is 57.7 Å². The Bertz CT molecular complexity index is 1530. The van der Waals surface area contributed by atoms with Crippen LogP contribution in [0.3, 0.4) is 0 Å². The number of aryl methyl sites for hydroxylation is 2. The minimum Gasteiger partial charge on any atom is -0.463 e. The van der Waals surface area contributed by atoms with E-state index in [1.807, 2.05) is 37.8 Å². The predicted molar refractivity (Wildman–Crippen MR) is 185 cm³/mol. The summed E-state index contributed by atoms with van der Waals surface area (Å²) in [6.07, 6.45) is 1.76. The molecule has 4 rings (SSSR count). The number of carbonyl (C=O) groups excluding carboxylic acids is 2. The fourth-order valence-corrected chi connectivity index (χ4v) is 5.14. The number of ether oxygens (including phenoxy) is 1. The van der Waals surface area contributed by atoms with Gasteiger partial charge in [-0.15, -0.1) is 37.2 Å². The number of nitrogens with zero attached hydrogens (tertiary/aromatic N) is 5. The number of thiazole rings is 1. The number of nitrogens with two attached hydrogens (primary N) is 1. The summed E-state index contributed by atoms with van der Waals surface area (Å²) in [5, 5.41) is 6.84. The van der Waals surface area contributed by atoms with Gasteiger partial charge >= 0.3 is 5.97 Å². The number of hydrogen-bond acceptors (Lipinski definition) is 11. The van der Waals surface area contributed by atoms with Gasteiger partial charge < -0.3 is 26.0 Å². The third kappa shape index (κ3) is 11.2. The van der Waals surface area contributed by atoms with E-state index >= 15 is 0 Å². The molecule has 0 unspecified atom stereocenters. The van der Waals surface area contributed by atoms with Crippen LogP contribution in [0.5, 0.6) is 0 Å². The van der Waals surface area contributed by atoms with Crippen molar-refractivity contribution in [1.82, 2.24) is 19.9 Å². The Morgan fingerprint density at radius 2 is 1.86 bits per heavy atom. The molecule has 16 heteroatoms. The van der Waals surface area contributed by atoms with Crippen molar-refractivity contribution in [2.75, 3.05) is 54.8 Å². The Balaban J connectivity index is 0.00000384. The Kier molecular flexibility index (Phi) is 13.8. The van der Waals surface area contributed by atoms with Crippen molar-refractivity contribution in [2.45, 2.75) is 40.2 Å². The first-order valence-electron chi connectivity index (χ1n) is 15.2. The van der Waals surface area contributed by atoms with Crippen LogP contribution >= 0.6 is 60.2 Å². The lowest BCUT2D eigenvalue weighted by atomic mass is 10.1. The number of nitrogens with one attached hydrogen (secondary N) is 2. The third-order valence-electron chi connectivity index (χ3n) is 6.24. The molecular formula is C28H40Cl4N8O3S. The topological polar surface area (TPSA) is 139 Å². The highest BCUT2D eigenvalue weighted by atomic mass is 35.5. The number of aromatic nitrogens is 3. The maximum Gasteiger partial charge on any atom is 0.322 e. The second-order valence-electron chi connectivity index (χ2n) is 10.0. The molecule has 0 aliphatic carbocycles. The molecule has 244 valence electrons. The summed E-state index contributed by atoms with van der Waals surface area (Å²) in [5.41, 5.74) is 7.21. The van der Waals surface area contributed by atoms with Crippen LogP contribution in [0.1, 0.15) is 46.8 Å². The summed E-state index contributed by atoms with van der Waals surface area (Å²) in [7, 11) is 0. The molecule has 11 nitrogen and oxygen atoms in total. The van der Waals surface area contributed by atoms with E-state index < -0.39 is 25.1 Å². The number of rotatable bonds is 11. The van der Waals surface area contributed by atoms with E-state index in [1.54, 1.807) is 19.1 Å². The summed E-state index contributed by atoms with van der Waals surface area (Å²) in [6, 6.07) is 6.05. The van der Waals surface area contributed by atoms with E-state index in [4.69, 9.17) is 27.6 Å². The van der Waals surface area contributed by atoms with Crippen LogP contribution in [0.25, 0.3) is 0 Å². The van der Waals surface area contributed by atoms with Gasteiger partial charge in [-0.25, -0.2) is 15.0 Å². The highest BCUT2D eigenvalue weighted by Crippen LogP contribution is 2.28. The summed E-state index contributed by atoms with van der Waals surface area (Å²) < 4.78 is 38.4. The molecule has 3 aromatic rings. The van der Waals surface area contributed by atoms with Crippen LogP contribution < -0.4 is 21.3 Å². The normalized spacial score (nSPS) is 15.7. The maximum absolute atomic E-state index is 12.8. The summed E-state index contributed by atoms with van der Waals surface area (Å²) in [5.74, 6) is 0.308. The van der Waals surface area contributed by atoms with Crippen molar-refractivity contribution in [3.8, 4) is 0 Å². The van der Waals surface area contributed by atoms with Crippen molar-refractivity contribution >= 4 is 94.5 Å². The molecule has 2 aromatic heterocycles. The smallest absolute Gasteiger partial charge is 0.322 e. The monoisotopic (exact) mass is 712 g/mol. The zero-order valence-corrected chi connectivity index (χ0v) is 28.6. The lowest BCUT2D eigenvalue weighted by Gasteiger charge is -2.35. The Labute approximate surface area is 291 Å².